The van der Waals surface area contributed by atoms with Crippen molar-refractivity contribution in [2.24, 2.45) is 0 Å². The molecule has 0 amide bonds. The Hall–Kier alpha value is -2.37. The predicted molar refractivity (Wildman–Crippen MR) is 302 cm³/mol. The van der Waals surface area contributed by atoms with Crippen LogP contribution in [0.2, 0.25) is 0 Å². The lowest BCUT2D eigenvalue weighted by molar-refractivity contribution is -0.167. The van der Waals surface area contributed by atoms with E-state index in [9.17, 15) is 14.4 Å². The molecule has 410 valence electrons. The van der Waals surface area contributed by atoms with E-state index in [0.29, 0.717) is 19.3 Å². The number of rotatable bonds is 57. The van der Waals surface area contributed by atoms with Gasteiger partial charge in [0.15, 0.2) is 6.10 Å². The number of unbranched alkanes of at least 4 members (excludes halogenated alkanes) is 40. The molecule has 0 aliphatic carbocycles. The van der Waals surface area contributed by atoms with Crippen molar-refractivity contribution >= 4 is 17.9 Å². The van der Waals surface area contributed by atoms with Gasteiger partial charge in [-0.1, -0.05) is 276 Å². The standard InChI is InChI=1S/C64H118O6/c1-4-7-10-13-16-19-22-25-28-30-31-32-33-34-37-39-42-45-48-51-54-57-63(66)69-60-61(59-68-62(65)56-53-50-47-44-41-38-35-27-24-21-18-15-12-9-6-3)70-64(67)58-55-52-49-46-43-40-36-29-26-23-20-17-14-11-8-5-2/h22,25,29-31,36,61H,4-21,23-24,26-28,32-35,37-60H2,1-3H3/b25-22-,31-30-,36-29-. The molecule has 0 heterocycles. The second-order valence-corrected chi connectivity index (χ2v) is 21.0. The van der Waals surface area contributed by atoms with Gasteiger partial charge in [-0.3, -0.25) is 14.4 Å². The molecule has 0 spiro atoms. The van der Waals surface area contributed by atoms with E-state index in [4.69, 9.17) is 14.2 Å². The number of carbonyl (C=O) groups is 3. The summed E-state index contributed by atoms with van der Waals surface area (Å²) in [4.78, 5) is 38.2. The van der Waals surface area contributed by atoms with Crippen LogP contribution < -0.4 is 0 Å². The molecule has 0 radical (unpaired) electrons. The minimum absolute atomic E-state index is 0.0727. The Morgan fingerprint density at radius 2 is 0.514 bits per heavy atom. The van der Waals surface area contributed by atoms with Crippen LogP contribution in [0.1, 0.15) is 335 Å². The normalized spacial score (nSPS) is 12.2. The van der Waals surface area contributed by atoms with E-state index in [1.807, 2.05) is 0 Å². The van der Waals surface area contributed by atoms with E-state index in [-0.39, 0.29) is 31.1 Å². The molecule has 0 aromatic heterocycles. The van der Waals surface area contributed by atoms with E-state index in [1.54, 1.807) is 0 Å². The van der Waals surface area contributed by atoms with Crippen molar-refractivity contribution in [3.05, 3.63) is 36.5 Å². The average Bonchev–Trinajstić information content (AvgIpc) is 3.36. The van der Waals surface area contributed by atoms with Gasteiger partial charge in [-0.05, 0) is 77.0 Å². The van der Waals surface area contributed by atoms with Gasteiger partial charge in [0.2, 0.25) is 0 Å². The average molecular weight is 984 g/mol. The van der Waals surface area contributed by atoms with Crippen LogP contribution in [-0.2, 0) is 28.6 Å². The molecule has 0 aromatic rings. The van der Waals surface area contributed by atoms with Crippen molar-refractivity contribution in [2.45, 2.75) is 341 Å². The number of esters is 3. The van der Waals surface area contributed by atoms with Gasteiger partial charge in [-0.2, -0.15) is 0 Å². The van der Waals surface area contributed by atoms with E-state index in [1.165, 1.54) is 225 Å². The zero-order valence-corrected chi connectivity index (χ0v) is 47.1. The molecule has 1 atom stereocenters. The maximum absolute atomic E-state index is 12.9. The van der Waals surface area contributed by atoms with Gasteiger partial charge in [0.25, 0.3) is 0 Å². The summed E-state index contributed by atoms with van der Waals surface area (Å²) >= 11 is 0. The molecule has 6 nitrogen and oxygen atoms in total. The molecule has 1 unspecified atom stereocenters. The highest BCUT2D eigenvalue weighted by molar-refractivity contribution is 5.71. The van der Waals surface area contributed by atoms with Crippen molar-refractivity contribution in [2.75, 3.05) is 13.2 Å². The zero-order valence-electron chi connectivity index (χ0n) is 47.1. The summed E-state index contributed by atoms with van der Waals surface area (Å²) in [6.07, 6.45) is 71.4. The Morgan fingerprint density at radius 1 is 0.286 bits per heavy atom. The molecule has 0 saturated heterocycles. The Labute approximate surface area is 435 Å². The molecule has 0 saturated carbocycles. The SMILES string of the molecule is CCCCCCC/C=C\C/C=C\CCCCCCCCCCCC(=O)OCC(COC(=O)CCCCCCCCCCCCCCCCC)OC(=O)CCCCCCC/C=C\CCCCCCCCC. The van der Waals surface area contributed by atoms with Crippen molar-refractivity contribution in [3.8, 4) is 0 Å². The topological polar surface area (TPSA) is 78.9 Å². The minimum Gasteiger partial charge on any atom is -0.462 e. The summed E-state index contributed by atoms with van der Waals surface area (Å²) in [7, 11) is 0. The maximum atomic E-state index is 12.9. The summed E-state index contributed by atoms with van der Waals surface area (Å²) < 4.78 is 16.9. The van der Waals surface area contributed by atoms with Gasteiger partial charge in [-0.15, -0.1) is 0 Å². The fraction of sp³-hybridized carbons (Fsp3) is 0.859. The Kier molecular flexibility index (Phi) is 57.2. The van der Waals surface area contributed by atoms with Crippen molar-refractivity contribution < 1.29 is 28.6 Å². The molecular weight excluding hydrogens is 865 g/mol. The van der Waals surface area contributed by atoms with Crippen LogP contribution in [0.15, 0.2) is 36.5 Å². The second-order valence-electron chi connectivity index (χ2n) is 21.0. The summed E-state index contributed by atoms with van der Waals surface area (Å²) in [6, 6.07) is 0. The lowest BCUT2D eigenvalue weighted by atomic mass is 10.0. The maximum Gasteiger partial charge on any atom is 0.306 e. The summed E-state index contributed by atoms with van der Waals surface area (Å²) in [5.41, 5.74) is 0. The lowest BCUT2D eigenvalue weighted by Crippen LogP contribution is -2.30. The molecule has 0 aliphatic rings. The van der Waals surface area contributed by atoms with Crippen molar-refractivity contribution in [1.29, 1.82) is 0 Å². The first kappa shape index (κ1) is 67.6. The van der Waals surface area contributed by atoms with Gasteiger partial charge in [-0.25, -0.2) is 0 Å². The van der Waals surface area contributed by atoms with E-state index in [2.05, 4.69) is 57.2 Å². The fourth-order valence-corrected chi connectivity index (χ4v) is 9.18. The quantitative estimate of drug-likeness (QED) is 0.0261. The molecule has 0 bridgehead atoms. The smallest absolute Gasteiger partial charge is 0.306 e. The molecule has 0 N–H and O–H groups in total. The monoisotopic (exact) mass is 983 g/mol. The highest BCUT2D eigenvalue weighted by Gasteiger charge is 2.19. The van der Waals surface area contributed by atoms with Gasteiger partial charge in [0, 0.05) is 19.3 Å². The van der Waals surface area contributed by atoms with Crippen molar-refractivity contribution in [1.82, 2.24) is 0 Å². The first-order valence-corrected chi connectivity index (χ1v) is 31.0. The van der Waals surface area contributed by atoms with E-state index >= 15 is 0 Å². The van der Waals surface area contributed by atoms with E-state index < -0.39 is 6.10 Å². The van der Waals surface area contributed by atoms with E-state index in [0.717, 1.165) is 70.6 Å². The molecule has 0 fully saturated rings. The third kappa shape index (κ3) is 56.5. The lowest BCUT2D eigenvalue weighted by Gasteiger charge is -2.18. The summed E-state index contributed by atoms with van der Waals surface area (Å²) in [5, 5.41) is 0. The Bertz CT molecular complexity index is 1170. The minimum atomic E-state index is -0.776. The number of ether oxygens (including phenoxy) is 3. The van der Waals surface area contributed by atoms with Crippen LogP contribution in [0.5, 0.6) is 0 Å². The molecule has 6 heteroatoms. The van der Waals surface area contributed by atoms with Gasteiger partial charge >= 0.3 is 17.9 Å². The highest BCUT2D eigenvalue weighted by Crippen LogP contribution is 2.17. The van der Waals surface area contributed by atoms with Gasteiger partial charge in [0.05, 0.1) is 0 Å². The van der Waals surface area contributed by atoms with Crippen LogP contribution in [0.25, 0.3) is 0 Å². The third-order valence-electron chi connectivity index (χ3n) is 13.9. The number of hydrogen-bond donors (Lipinski definition) is 0. The molecule has 0 rings (SSSR count). The zero-order chi connectivity index (χ0) is 50.7. The summed E-state index contributed by atoms with van der Waals surface area (Å²) in [6.45, 7) is 6.67. The predicted octanol–water partition coefficient (Wildman–Crippen LogP) is 20.8. The third-order valence-corrected chi connectivity index (χ3v) is 13.9. The number of allylic oxidation sites excluding steroid dienone is 6. The first-order chi connectivity index (χ1) is 34.5. The molecule has 70 heavy (non-hydrogen) atoms. The molecular formula is C64H118O6. The Morgan fingerprint density at radius 3 is 0.800 bits per heavy atom. The Balaban J connectivity index is 4.33. The van der Waals surface area contributed by atoms with Crippen molar-refractivity contribution in [3.63, 3.8) is 0 Å². The summed E-state index contributed by atoms with van der Waals surface area (Å²) in [5.74, 6) is -0.864. The van der Waals surface area contributed by atoms with Crippen LogP contribution in [0.4, 0.5) is 0 Å². The molecule has 0 aliphatic heterocycles. The largest absolute Gasteiger partial charge is 0.462 e. The van der Waals surface area contributed by atoms with Crippen LogP contribution >= 0.6 is 0 Å². The molecule has 0 aromatic carbocycles. The number of carbonyl (C=O) groups excluding carboxylic acids is 3. The first-order valence-electron chi connectivity index (χ1n) is 31.0. The van der Waals surface area contributed by atoms with Gasteiger partial charge < -0.3 is 14.2 Å². The fourth-order valence-electron chi connectivity index (χ4n) is 9.18. The van der Waals surface area contributed by atoms with Crippen LogP contribution in [-0.4, -0.2) is 37.2 Å². The number of hydrogen-bond acceptors (Lipinski definition) is 6. The highest BCUT2D eigenvalue weighted by atomic mass is 16.6. The van der Waals surface area contributed by atoms with Crippen LogP contribution in [0, 0.1) is 0 Å². The van der Waals surface area contributed by atoms with Gasteiger partial charge in [0.1, 0.15) is 13.2 Å². The van der Waals surface area contributed by atoms with Crippen LogP contribution in [0.3, 0.4) is 0 Å². The second kappa shape index (κ2) is 59.2.